The summed E-state index contributed by atoms with van der Waals surface area (Å²) in [7, 11) is 0. The highest BCUT2D eigenvalue weighted by Gasteiger charge is 2.32. The molecular weight excluding hydrogens is 478 g/mol. The van der Waals surface area contributed by atoms with Gasteiger partial charge in [-0.3, -0.25) is 24.0 Å². The van der Waals surface area contributed by atoms with Crippen LogP contribution in [0.1, 0.15) is 31.7 Å². The Labute approximate surface area is 206 Å². The second kappa shape index (κ2) is 14.4. The zero-order valence-electron chi connectivity index (χ0n) is 19.5. The Kier molecular flexibility index (Phi) is 12.0. The van der Waals surface area contributed by atoms with Gasteiger partial charge in [0.15, 0.2) is 0 Å². The van der Waals surface area contributed by atoms with Crippen molar-refractivity contribution in [2.24, 2.45) is 11.5 Å². The van der Waals surface area contributed by atoms with Crippen LogP contribution in [0.4, 0.5) is 0 Å². The molecule has 5 unspecified atom stereocenters. The molecule has 1 aromatic rings. The van der Waals surface area contributed by atoms with Crippen molar-refractivity contribution in [1.29, 1.82) is 0 Å². The molecule has 0 saturated heterocycles. The van der Waals surface area contributed by atoms with Gasteiger partial charge in [-0.15, -0.1) is 0 Å². The van der Waals surface area contributed by atoms with Crippen LogP contribution in [0.2, 0.25) is 0 Å². The monoisotopic (exact) mass is 509 g/mol. The molecule has 1 aromatic carbocycles. The van der Waals surface area contributed by atoms with Gasteiger partial charge in [-0.1, -0.05) is 30.3 Å². The predicted octanol–water partition coefficient (Wildman–Crippen LogP) is -2.78. The number of carboxylic acids is 2. The molecule has 1 rings (SSSR count). The molecule has 4 amide bonds. The third-order valence-electron chi connectivity index (χ3n) is 5.04. The maximum Gasteiger partial charge on any atom is 0.326 e. The van der Waals surface area contributed by atoms with Crippen LogP contribution in [0.25, 0.3) is 0 Å². The maximum absolute atomic E-state index is 13.0. The van der Waals surface area contributed by atoms with Crippen molar-refractivity contribution in [3.63, 3.8) is 0 Å². The molecule has 14 nitrogen and oxygen atoms in total. The summed E-state index contributed by atoms with van der Waals surface area (Å²) in [5.41, 5.74) is 11.3. The third-order valence-corrected chi connectivity index (χ3v) is 5.04. The lowest BCUT2D eigenvalue weighted by atomic mass is 10.0. The molecule has 36 heavy (non-hydrogen) atoms. The first-order valence-corrected chi connectivity index (χ1v) is 10.9. The molecule has 14 heteroatoms. The molecule has 0 aromatic heterocycles. The van der Waals surface area contributed by atoms with Crippen molar-refractivity contribution in [3.8, 4) is 0 Å². The molecule has 0 aliphatic rings. The molecule has 5 atom stereocenters. The quantitative estimate of drug-likeness (QED) is 0.121. The molecule has 0 aliphatic heterocycles. The lowest BCUT2D eigenvalue weighted by Crippen LogP contribution is -2.58. The summed E-state index contributed by atoms with van der Waals surface area (Å²) in [6.07, 6.45) is -2.82. The van der Waals surface area contributed by atoms with Crippen molar-refractivity contribution >= 4 is 35.6 Å². The number of primary amides is 1. The lowest BCUT2D eigenvalue weighted by Gasteiger charge is -2.25. The van der Waals surface area contributed by atoms with Crippen LogP contribution in [0.15, 0.2) is 30.3 Å². The Morgan fingerprint density at radius 3 is 1.89 bits per heavy atom. The summed E-state index contributed by atoms with van der Waals surface area (Å²) in [5.74, 6) is -6.61. The summed E-state index contributed by atoms with van der Waals surface area (Å²) in [6.45, 7) is 1.26. The highest BCUT2D eigenvalue weighted by atomic mass is 16.4. The molecule has 198 valence electrons. The summed E-state index contributed by atoms with van der Waals surface area (Å²) in [6, 6.07) is 2.44. The van der Waals surface area contributed by atoms with Gasteiger partial charge in [-0.25, -0.2) is 4.79 Å². The summed E-state index contributed by atoms with van der Waals surface area (Å²) < 4.78 is 0. The average molecular weight is 510 g/mol. The molecular formula is C22H31N5O9. The number of benzene rings is 1. The molecule has 0 bridgehead atoms. The third kappa shape index (κ3) is 10.5. The van der Waals surface area contributed by atoms with Crippen molar-refractivity contribution in [2.75, 3.05) is 0 Å². The molecule has 0 saturated carbocycles. The number of hydrogen-bond donors (Lipinski definition) is 8. The highest BCUT2D eigenvalue weighted by molar-refractivity contribution is 5.95. The molecule has 0 fully saturated rings. The number of rotatable bonds is 15. The Hall–Kier alpha value is -4.04. The van der Waals surface area contributed by atoms with Gasteiger partial charge < -0.3 is 42.7 Å². The van der Waals surface area contributed by atoms with Crippen LogP contribution in [-0.4, -0.2) is 81.2 Å². The van der Waals surface area contributed by atoms with E-state index in [1.807, 2.05) is 0 Å². The van der Waals surface area contributed by atoms with Crippen molar-refractivity contribution in [1.82, 2.24) is 16.0 Å². The van der Waals surface area contributed by atoms with E-state index in [0.29, 0.717) is 5.56 Å². The topological polar surface area (TPSA) is 251 Å². The summed E-state index contributed by atoms with van der Waals surface area (Å²) in [4.78, 5) is 71.8. The van der Waals surface area contributed by atoms with E-state index in [1.54, 1.807) is 30.3 Å². The van der Waals surface area contributed by atoms with E-state index in [-0.39, 0.29) is 19.3 Å². The number of nitrogens with two attached hydrogens (primary N) is 2. The lowest BCUT2D eigenvalue weighted by molar-refractivity contribution is -0.147. The van der Waals surface area contributed by atoms with Gasteiger partial charge in [-0.2, -0.15) is 0 Å². The number of aliphatic hydroxyl groups is 1. The highest BCUT2D eigenvalue weighted by Crippen LogP contribution is 2.07. The first-order valence-electron chi connectivity index (χ1n) is 10.9. The van der Waals surface area contributed by atoms with E-state index >= 15 is 0 Å². The van der Waals surface area contributed by atoms with Crippen molar-refractivity contribution < 1.29 is 44.1 Å². The smallest absolute Gasteiger partial charge is 0.326 e. The normalized spacial score (nSPS) is 14.9. The number of hydrogen-bond acceptors (Lipinski definition) is 8. The first-order chi connectivity index (χ1) is 16.8. The minimum absolute atomic E-state index is 0.110. The zero-order valence-corrected chi connectivity index (χ0v) is 19.5. The Bertz CT molecular complexity index is 954. The van der Waals surface area contributed by atoms with Gasteiger partial charge in [0.25, 0.3) is 0 Å². The van der Waals surface area contributed by atoms with E-state index < -0.39 is 72.3 Å². The number of aliphatic hydroxyl groups excluding tert-OH is 1. The second-order valence-corrected chi connectivity index (χ2v) is 8.08. The number of carbonyl (C=O) groups excluding carboxylic acids is 4. The Morgan fingerprint density at radius 1 is 0.861 bits per heavy atom. The molecule has 0 spiro atoms. The first kappa shape index (κ1) is 30.0. The fourth-order valence-corrected chi connectivity index (χ4v) is 3.02. The van der Waals surface area contributed by atoms with Gasteiger partial charge >= 0.3 is 11.9 Å². The van der Waals surface area contributed by atoms with Crippen LogP contribution in [0.3, 0.4) is 0 Å². The van der Waals surface area contributed by atoms with Crippen molar-refractivity contribution in [2.45, 2.75) is 62.9 Å². The van der Waals surface area contributed by atoms with Gasteiger partial charge in [0.05, 0.1) is 12.5 Å². The largest absolute Gasteiger partial charge is 0.481 e. The van der Waals surface area contributed by atoms with Crippen LogP contribution >= 0.6 is 0 Å². The van der Waals surface area contributed by atoms with E-state index in [1.165, 1.54) is 6.92 Å². The SMILES string of the molecule is CC(O)C(N)C(=O)NC(CCC(N)=O)C(=O)NC(Cc1ccccc1)C(=O)NC(CC(=O)O)C(=O)O. The molecule has 0 heterocycles. The van der Waals surface area contributed by atoms with E-state index in [0.717, 1.165) is 0 Å². The van der Waals surface area contributed by atoms with Gasteiger partial charge in [0.2, 0.25) is 23.6 Å². The molecule has 0 radical (unpaired) electrons. The molecule has 10 N–H and O–H groups in total. The number of nitrogens with one attached hydrogen (secondary N) is 3. The minimum atomic E-state index is -1.76. The van der Waals surface area contributed by atoms with Gasteiger partial charge in [0, 0.05) is 12.8 Å². The Morgan fingerprint density at radius 2 is 1.39 bits per heavy atom. The van der Waals surface area contributed by atoms with Gasteiger partial charge in [0.1, 0.15) is 24.2 Å². The minimum Gasteiger partial charge on any atom is -0.481 e. The van der Waals surface area contributed by atoms with Crippen LogP contribution in [0, 0.1) is 0 Å². The Balaban J connectivity index is 3.16. The predicted molar refractivity (Wildman–Crippen MR) is 124 cm³/mol. The van der Waals surface area contributed by atoms with Crippen LogP contribution in [-0.2, 0) is 35.2 Å². The number of aliphatic carboxylic acids is 2. The summed E-state index contributed by atoms with van der Waals surface area (Å²) in [5, 5.41) is 34.5. The van der Waals surface area contributed by atoms with Crippen LogP contribution < -0.4 is 27.4 Å². The summed E-state index contributed by atoms with van der Waals surface area (Å²) >= 11 is 0. The van der Waals surface area contributed by atoms with E-state index in [2.05, 4.69) is 16.0 Å². The van der Waals surface area contributed by atoms with Crippen LogP contribution in [0.5, 0.6) is 0 Å². The maximum atomic E-state index is 13.0. The standard InChI is InChI=1S/C22H31N5O9/c1-11(28)18(24)21(34)25-13(7-8-16(23)29)19(32)26-14(9-12-5-3-2-4-6-12)20(33)27-15(22(35)36)10-17(30)31/h2-6,11,13-15,18,28H,7-10,24H2,1H3,(H2,23,29)(H,25,34)(H,26,32)(H,27,33)(H,30,31)(H,35,36). The average Bonchev–Trinajstić information content (AvgIpc) is 2.80. The number of amides is 4. The number of carbonyl (C=O) groups is 6. The fraction of sp³-hybridized carbons (Fsp3) is 0.455. The number of carboxylic acid groups (broad SMARTS) is 2. The van der Waals surface area contributed by atoms with E-state index in [4.69, 9.17) is 16.6 Å². The van der Waals surface area contributed by atoms with E-state index in [9.17, 15) is 39.0 Å². The zero-order chi connectivity index (χ0) is 27.4. The second-order valence-electron chi connectivity index (χ2n) is 8.08. The molecule has 0 aliphatic carbocycles. The van der Waals surface area contributed by atoms with Crippen molar-refractivity contribution in [3.05, 3.63) is 35.9 Å². The fourth-order valence-electron chi connectivity index (χ4n) is 3.02. The van der Waals surface area contributed by atoms with Gasteiger partial charge in [-0.05, 0) is 18.9 Å².